The van der Waals surface area contributed by atoms with Gasteiger partial charge in [0.1, 0.15) is 10.8 Å². The molecule has 0 atom stereocenters. The summed E-state index contributed by atoms with van der Waals surface area (Å²) in [5, 5.41) is 3.09. The molecule has 0 aliphatic carbocycles. The smallest absolute Gasteiger partial charge is 0.211 e. The highest BCUT2D eigenvalue weighted by atomic mass is 32.2. The van der Waals surface area contributed by atoms with Crippen LogP contribution in [0.25, 0.3) is 11.3 Å². The first-order valence-corrected chi connectivity index (χ1v) is 10.4. The summed E-state index contributed by atoms with van der Waals surface area (Å²) in [5.74, 6) is 0.818. The minimum absolute atomic E-state index is 0.549. The molecule has 0 bridgehead atoms. The van der Waals surface area contributed by atoms with Gasteiger partial charge in [0.15, 0.2) is 0 Å². The van der Waals surface area contributed by atoms with Gasteiger partial charge in [0.25, 0.3) is 0 Å². The van der Waals surface area contributed by atoms with E-state index in [1.54, 1.807) is 18.4 Å². The third-order valence-corrected chi connectivity index (χ3v) is 6.21. The Balaban J connectivity index is 1.63. The summed E-state index contributed by atoms with van der Waals surface area (Å²) in [6.07, 6.45) is 1.27. The van der Waals surface area contributed by atoms with Crippen molar-refractivity contribution in [2.24, 2.45) is 0 Å². The van der Waals surface area contributed by atoms with Crippen molar-refractivity contribution in [3.63, 3.8) is 0 Å². The zero-order chi connectivity index (χ0) is 17.2. The molecule has 2 heterocycles. The summed E-state index contributed by atoms with van der Waals surface area (Å²) in [7, 11) is -1.42. The molecule has 2 aromatic rings. The number of piperazine rings is 1. The number of ether oxygens (including phenoxy) is 1. The van der Waals surface area contributed by atoms with E-state index in [1.165, 1.54) is 10.6 Å². The van der Waals surface area contributed by atoms with Crippen LogP contribution in [0, 0.1) is 0 Å². The van der Waals surface area contributed by atoms with E-state index >= 15 is 0 Å². The van der Waals surface area contributed by atoms with E-state index in [2.05, 4.69) is 10.3 Å². The van der Waals surface area contributed by atoms with E-state index in [1.807, 2.05) is 24.3 Å². The zero-order valence-electron chi connectivity index (χ0n) is 13.8. The molecule has 6 nitrogen and oxygen atoms in total. The van der Waals surface area contributed by atoms with Crippen molar-refractivity contribution in [3.05, 3.63) is 34.7 Å². The molecule has 3 rings (SSSR count). The van der Waals surface area contributed by atoms with Crippen molar-refractivity contribution in [2.45, 2.75) is 6.54 Å². The SMILES string of the molecule is COc1cccc(-c2csc(CN3CCN(S(C)(=O)=O)CC3)n2)c1. The number of hydrogen-bond acceptors (Lipinski definition) is 6. The Hall–Kier alpha value is -1.48. The number of nitrogens with zero attached hydrogens (tertiary/aromatic N) is 3. The molecule has 0 N–H and O–H groups in total. The van der Waals surface area contributed by atoms with E-state index in [9.17, 15) is 8.42 Å². The second kappa shape index (κ2) is 7.18. The molecule has 8 heteroatoms. The van der Waals surface area contributed by atoms with E-state index < -0.39 is 10.0 Å². The van der Waals surface area contributed by atoms with Gasteiger partial charge >= 0.3 is 0 Å². The topological polar surface area (TPSA) is 62.7 Å². The quantitative estimate of drug-likeness (QED) is 0.808. The van der Waals surface area contributed by atoms with Crippen molar-refractivity contribution in [1.82, 2.24) is 14.2 Å². The molecule has 1 aliphatic heterocycles. The van der Waals surface area contributed by atoms with Crippen LogP contribution in [0.3, 0.4) is 0 Å². The first-order chi connectivity index (χ1) is 11.5. The van der Waals surface area contributed by atoms with Gasteiger partial charge in [-0.15, -0.1) is 11.3 Å². The highest BCUT2D eigenvalue weighted by Crippen LogP contribution is 2.26. The standard InChI is InChI=1S/C16H21N3O3S2/c1-22-14-5-3-4-13(10-14)15-12-23-16(17-15)11-18-6-8-19(9-7-18)24(2,20)21/h3-5,10,12H,6-9,11H2,1-2H3. The summed E-state index contributed by atoms with van der Waals surface area (Å²) in [4.78, 5) is 6.95. The molecule has 0 saturated carbocycles. The average Bonchev–Trinajstić information content (AvgIpc) is 3.03. The first-order valence-electron chi connectivity index (χ1n) is 7.72. The maximum absolute atomic E-state index is 11.6. The molecule has 1 aromatic carbocycles. The fraction of sp³-hybridized carbons (Fsp3) is 0.438. The Kier molecular flexibility index (Phi) is 5.19. The lowest BCUT2D eigenvalue weighted by atomic mass is 10.2. The molecular formula is C16H21N3O3S2. The van der Waals surface area contributed by atoms with Gasteiger partial charge in [-0.25, -0.2) is 13.4 Å². The van der Waals surface area contributed by atoms with Gasteiger partial charge in [-0.2, -0.15) is 4.31 Å². The number of thiazole rings is 1. The summed E-state index contributed by atoms with van der Waals surface area (Å²) in [5.41, 5.74) is 1.99. The van der Waals surface area contributed by atoms with Crippen LogP contribution in [0.1, 0.15) is 5.01 Å². The van der Waals surface area contributed by atoms with Crippen LogP contribution in [0.5, 0.6) is 5.75 Å². The summed E-state index contributed by atoms with van der Waals surface area (Å²) >= 11 is 1.63. The fourth-order valence-corrected chi connectivity index (χ4v) is 4.38. The summed E-state index contributed by atoms with van der Waals surface area (Å²) in [6.45, 7) is 3.33. The summed E-state index contributed by atoms with van der Waals surface area (Å²) < 4.78 is 29.9. The minimum Gasteiger partial charge on any atom is -0.497 e. The molecule has 1 fully saturated rings. The molecule has 130 valence electrons. The van der Waals surface area contributed by atoms with E-state index in [0.29, 0.717) is 13.1 Å². The largest absolute Gasteiger partial charge is 0.497 e. The van der Waals surface area contributed by atoms with Crippen LogP contribution in [0.15, 0.2) is 29.6 Å². The maximum Gasteiger partial charge on any atom is 0.211 e. The average molecular weight is 367 g/mol. The van der Waals surface area contributed by atoms with Gasteiger partial charge < -0.3 is 4.74 Å². The second-order valence-corrected chi connectivity index (χ2v) is 8.72. The molecule has 0 radical (unpaired) electrons. The second-order valence-electron chi connectivity index (χ2n) is 5.80. The summed E-state index contributed by atoms with van der Waals surface area (Å²) in [6, 6.07) is 7.87. The van der Waals surface area contributed by atoms with Gasteiger partial charge in [0.2, 0.25) is 10.0 Å². The predicted molar refractivity (Wildman–Crippen MR) is 95.8 cm³/mol. The van der Waals surface area contributed by atoms with Crippen molar-refractivity contribution in [1.29, 1.82) is 0 Å². The van der Waals surface area contributed by atoms with Crippen molar-refractivity contribution in [2.75, 3.05) is 39.5 Å². The third-order valence-electron chi connectivity index (χ3n) is 4.08. The number of benzene rings is 1. The van der Waals surface area contributed by atoms with Gasteiger partial charge in [-0.05, 0) is 12.1 Å². The van der Waals surface area contributed by atoms with Crippen LogP contribution in [0.2, 0.25) is 0 Å². The Morgan fingerprint density at radius 2 is 2.00 bits per heavy atom. The lowest BCUT2D eigenvalue weighted by Crippen LogP contribution is -2.47. The van der Waals surface area contributed by atoms with E-state index in [0.717, 1.165) is 41.6 Å². The molecule has 1 aliphatic rings. The Morgan fingerprint density at radius 3 is 2.67 bits per heavy atom. The van der Waals surface area contributed by atoms with Crippen LogP contribution < -0.4 is 4.74 Å². The first kappa shape index (κ1) is 17.3. The predicted octanol–water partition coefficient (Wildman–Crippen LogP) is 1.90. The number of aromatic nitrogens is 1. The third kappa shape index (κ3) is 4.13. The molecular weight excluding hydrogens is 346 g/mol. The van der Waals surface area contributed by atoms with Gasteiger partial charge in [-0.3, -0.25) is 4.90 Å². The molecule has 1 saturated heterocycles. The Bertz CT molecular complexity index is 796. The Labute approximate surface area is 146 Å². The van der Waals surface area contributed by atoms with Crippen molar-refractivity contribution < 1.29 is 13.2 Å². The molecule has 1 aromatic heterocycles. The highest BCUT2D eigenvalue weighted by molar-refractivity contribution is 7.88. The number of hydrogen-bond donors (Lipinski definition) is 0. The van der Waals surface area contributed by atoms with Crippen LogP contribution in [-0.2, 0) is 16.6 Å². The van der Waals surface area contributed by atoms with Crippen LogP contribution in [-0.4, -0.2) is 62.2 Å². The van der Waals surface area contributed by atoms with E-state index in [-0.39, 0.29) is 0 Å². The molecule has 0 unspecified atom stereocenters. The number of sulfonamides is 1. The number of rotatable bonds is 5. The maximum atomic E-state index is 11.6. The lowest BCUT2D eigenvalue weighted by Gasteiger charge is -2.32. The van der Waals surface area contributed by atoms with E-state index in [4.69, 9.17) is 9.72 Å². The number of methoxy groups -OCH3 is 1. The monoisotopic (exact) mass is 367 g/mol. The van der Waals surface area contributed by atoms with Crippen molar-refractivity contribution in [3.8, 4) is 17.0 Å². The van der Waals surface area contributed by atoms with Gasteiger partial charge in [0.05, 0.1) is 25.6 Å². The van der Waals surface area contributed by atoms with Gasteiger partial charge in [-0.1, -0.05) is 12.1 Å². The Morgan fingerprint density at radius 1 is 1.25 bits per heavy atom. The van der Waals surface area contributed by atoms with Gasteiger partial charge in [0, 0.05) is 37.1 Å². The van der Waals surface area contributed by atoms with Crippen LogP contribution >= 0.6 is 11.3 Å². The fourth-order valence-electron chi connectivity index (χ4n) is 2.71. The van der Waals surface area contributed by atoms with Crippen molar-refractivity contribution >= 4 is 21.4 Å². The molecule has 0 spiro atoms. The highest BCUT2D eigenvalue weighted by Gasteiger charge is 2.23. The zero-order valence-corrected chi connectivity index (χ0v) is 15.4. The molecule has 24 heavy (non-hydrogen) atoms. The van der Waals surface area contributed by atoms with Crippen LogP contribution in [0.4, 0.5) is 0 Å². The molecule has 0 amide bonds. The minimum atomic E-state index is -3.08. The lowest BCUT2D eigenvalue weighted by molar-refractivity contribution is 0.182. The normalized spacial score (nSPS) is 17.1.